The van der Waals surface area contributed by atoms with Crippen molar-refractivity contribution in [2.45, 2.75) is 0 Å². The van der Waals surface area contributed by atoms with Crippen LogP contribution in [0.2, 0.25) is 5.02 Å². The van der Waals surface area contributed by atoms with Crippen molar-refractivity contribution in [3.8, 4) is 0 Å². The van der Waals surface area contributed by atoms with E-state index in [0.29, 0.717) is 18.8 Å². The van der Waals surface area contributed by atoms with Gasteiger partial charge in [-0.1, -0.05) is 17.7 Å². The number of nitrogens with one attached hydrogen (secondary N) is 1. The monoisotopic (exact) mass is 341 g/mol. The molecule has 1 aromatic carbocycles. The van der Waals surface area contributed by atoms with Crippen LogP contribution < -0.4 is 4.90 Å². The number of fused-ring (bicyclic) bond motifs is 1. The summed E-state index contributed by atoms with van der Waals surface area (Å²) >= 11 is 6.06. The molecule has 24 heavy (non-hydrogen) atoms. The van der Waals surface area contributed by atoms with E-state index in [0.717, 1.165) is 34.7 Å². The molecule has 0 saturated carbocycles. The first-order valence-electron chi connectivity index (χ1n) is 7.80. The second-order valence-corrected chi connectivity index (χ2v) is 6.19. The fraction of sp³-hybridized carbons (Fsp3) is 0.235. The standard InChI is InChI=1S/C17H16ClN5O/c18-12-2-1-3-13(10-12)22-6-8-23(9-7-22)17(24)16-14-11-19-5-4-15(14)20-21-16/h1-5,10-11H,6-9H2,(H,20,21). The lowest BCUT2D eigenvalue weighted by Gasteiger charge is -2.35. The highest BCUT2D eigenvalue weighted by Gasteiger charge is 2.25. The first-order chi connectivity index (χ1) is 11.7. The number of rotatable bonds is 2. The molecule has 6 nitrogen and oxygen atoms in total. The average Bonchev–Trinajstić information content (AvgIpc) is 3.05. The minimum absolute atomic E-state index is 0.0556. The Hall–Kier alpha value is -2.60. The van der Waals surface area contributed by atoms with Crippen LogP contribution in [0.5, 0.6) is 0 Å². The van der Waals surface area contributed by atoms with Crippen LogP contribution in [0.25, 0.3) is 10.9 Å². The predicted octanol–water partition coefficient (Wildman–Crippen LogP) is 2.57. The number of anilines is 1. The lowest BCUT2D eigenvalue weighted by atomic mass is 10.2. The molecule has 1 N–H and O–H groups in total. The van der Waals surface area contributed by atoms with Crippen LogP contribution in [-0.4, -0.2) is 52.2 Å². The number of aromatic nitrogens is 3. The highest BCUT2D eigenvalue weighted by Crippen LogP contribution is 2.22. The molecule has 3 aromatic rings. The van der Waals surface area contributed by atoms with Crippen LogP contribution in [-0.2, 0) is 0 Å². The third-order valence-electron chi connectivity index (χ3n) is 4.31. The van der Waals surface area contributed by atoms with E-state index in [1.54, 1.807) is 12.4 Å². The SMILES string of the molecule is O=C(c1n[nH]c2ccncc12)N1CCN(c2cccc(Cl)c2)CC1. The smallest absolute Gasteiger partial charge is 0.275 e. The van der Waals surface area contributed by atoms with Crippen LogP contribution >= 0.6 is 11.6 Å². The molecule has 122 valence electrons. The number of benzene rings is 1. The molecule has 1 aliphatic heterocycles. The predicted molar refractivity (Wildman–Crippen MR) is 93.5 cm³/mol. The number of hydrogen-bond donors (Lipinski definition) is 1. The Labute approximate surface area is 144 Å². The van der Waals surface area contributed by atoms with Crippen molar-refractivity contribution < 1.29 is 4.79 Å². The molecule has 0 bridgehead atoms. The zero-order chi connectivity index (χ0) is 16.5. The lowest BCUT2D eigenvalue weighted by molar-refractivity contribution is 0.0742. The van der Waals surface area contributed by atoms with E-state index in [9.17, 15) is 4.79 Å². The zero-order valence-electron chi connectivity index (χ0n) is 12.9. The Morgan fingerprint density at radius 2 is 2.00 bits per heavy atom. The number of hydrogen-bond acceptors (Lipinski definition) is 4. The second-order valence-electron chi connectivity index (χ2n) is 5.75. The molecule has 0 spiro atoms. The van der Waals surface area contributed by atoms with Gasteiger partial charge in [-0.25, -0.2) is 0 Å². The number of carbonyl (C=O) groups excluding carboxylic acids is 1. The van der Waals surface area contributed by atoms with E-state index in [2.05, 4.69) is 20.1 Å². The highest BCUT2D eigenvalue weighted by molar-refractivity contribution is 6.30. The molecule has 1 aliphatic rings. The van der Waals surface area contributed by atoms with Crippen molar-refractivity contribution in [2.75, 3.05) is 31.1 Å². The van der Waals surface area contributed by atoms with Gasteiger partial charge in [0, 0.05) is 49.3 Å². The van der Waals surface area contributed by atoms with Crippen LogP contribution in [0.3, 0.4) is 0 Å². The number of nitrogens with zero attached hydrogens (tertiary/aromatic N) is 4. The van der Waals surface area contributed by atoms with E-state index in [4.69, 9.17) is 11.6 Å². The van der Waals surface area contributed by atoms with Crippen molar-refractivity contribution >= 4 is 34.1 Å². The molecule has 3 heterocycles. The first-order valence-corrected chi connectivity index (χ1v) is 8.18. The molecule has 7 heteroatoms. The molecular formula is C17H16ClN5O. The lowest BCUT2D eigenvalue weighted by Crippen LogP contribution is -2.48. The fourth-order valence-corrected chi connectivity index (χ4v) is 3.19. The van der Waals surface area contributed by atoms with Crippen molar-refractivity contribution in [1.82, 2.24) is 20.1 Å². The number of H-pyrrole nitrogens is 1. The normalized spacial score (nSPS) is 15.0. The average molecular weight is 342 g/mol. The van der Waals surface area contributed by atoms with Gasteiger partial charge in [0.15, 0.2) is 5.69 Å². The third kappa shape index (κ3) is 2.69. The van der Waals surface area contributed by atoms with Crippen LogP contribution in [0.4, 0.5) is 5.69 Å². The third-order valence-corrected chi connectivity index (χ3v) is 4.54. The summed E-state index contributed by atoms with van der Waals surface area (Å²) in [7, 11) is 0. The Balaban J connectivity index is 1.48. The molecule has 1 saturated heterocycles. The van der Waals surface area contributed by atoms with Crippen LogP contribution in [0.1, 0.15) is 10.5 Å². The van der Waals surface area contributed by atoms with Gasteiger partial charge in [-0.2, -0.15) is 5.10 Å². The molecule has 0 unspecified atom stereocenters. The summed E-state index contributed by atoms with van der Waals surface area (Å²) in [6.45, 7) is 2.85. The van der Waals surface area contributed by atoms with Crippen molar-refractivity contribution in [2.24, 2.45) is 0 Å². The first kappa shape index (κ1) is 15.0. The summed E-state index contributed by atoms with van der Waals surface area (Å²) in [5.41, 5.74) is 2.35. The molecular weight excluding hydrogens is 326 g/mol. The summed E-state index contributed by atoms with van der Waals surface area (Å²) in [6, 6.07) is 9.61. The van der Waals surface area contributed by atoms with E-state index >= 15 is 0 Å². The van der Waals surface area contributed by atoms with Gasteiger partial charge in [0.2, 0.25) is 0 Å². The molecule has 0 radical (unpaired) electrons. The van der Waals surface area contributed by atoms with E-state index in [1.807, 2.05) is 35.2 Å². The van der Waals surface area contributed by atoms with Crippen LogP contribution in [0.15, 0.2) is 42.7 Å². The van der Waals surface area contributed by atoms with Gasteiger partial charge < -0.3 is 9.80 Å². The number of halogens is 1. The van der Waals surface area contributed by atoms with Crippen molar-refractivity contribution in [3.05, 3.63) is 53.4 Å². The van der Waals surface area contributed by atoms with E-state index in [1.165, 1.54) is 0 Å². The maximum atomic E-state index is 12.7. The molecule has 0 aliphatic carbocycles. The fourth-order valence-electron chi connectivity index (χ4n) is 3.01. The summed E-state index contributed by atoms with van der Waals surface area (Å²) in [4.78, 5) is 20.9. The number of pyridine rings is 1. The Morgan fingerprint density at radius 1 is 1.17 bits per heavy atom. The van der Waals surface area contributed by atoms with Crippen molar-refractivity contribution in [3.63, 3.8) is 0 Å². The Bertz CT molecular complexity index is 885. The summed E-state index contributed by atoms with van der Waals surface area (Å²) < 4.78 is 0. The zero-order valence-corrected chi connectivity index (χ0v) is 13.7. The van der Waals surface area contributed by atoms with Gasteiger partial charge in [0.25, 0.3) is 5.91 Å². The topological polar surface area (TPSA) is 65.1 Å². The molecule has 4 rings (SSSR count). The maximum Gasteiger partial charge on any atom is 0.275 e. The molecule has 0 atom stereocenters. The number of piperazine rings is 1. The van der Waals surface area contributed by atoms with Crippen molar-refractivity contribution in [1.29, 1.82) is 0 Å². The van der Waals surface area contributed by atoms with Crippen LogP contribution in [0, 0.1) is 0 Å². The maximum absolute atomic E-state index is 12.7. The van der Waals surface area contributed by atoms with Gasteiger partial charge in [0.1, 0.15) is 0 Å². The van der Waals surface area contributed by atoms with Gasteiger partial charge in [0.05, 0.1) is 10.9 Å². The van der Waals surface area contributed by atoms with E-state index < -0.39 is 0 Å². The van der Waals surface area contributed by atoms with E-state index in [-0.39, 0.29) is 5.91 Å². The summed E-state index contributed by atoms with van der Waals surface area (Å²) in [5, 5.41) is 8.55. The van der Waals surface area contributed by atoms with Gasteiger partial charge >= 0.3 is 0 Å². The van der Waals surface area contributed by atoms with Gasteiger partial charge in [-0.05, 0) is 24.3 Å². The molecule has 1 amide bonds. The Kier molecular flexibility index (Phi) is 3.82. The molecule has 1 fully saturated rings. The van der Waals surface area contributed by atoms with Gasteiger partial charge in [-0.3, -0.25) is 14.9 Å². The largest absolute Gasteiger partial charge is 0.368 e. The summed E-state index contributed by atoms with van der Waals surface area (Å²) in [5.74, 6) is -0.0556. The molecule has 2 aromatic heterocycles. The highest BCUT2D eigenvalue weighted by atomic mass is 35.5. The van der Waals surface area contributed by atoms with Gasteiger partial charge in [-0.15, -0.1) is 0 Å². The summed E-state index contributed by atoms with van der Waals surface area (Å²) in [6.07, 6.45) is 3.35. The number of amides is 1. The Morgan fingerprint density at radius 3 is 2.79 bits per heavy atom. The minimum atomic E-state index is -0.0556. The second kappa shape index (κ2) is 6.13. The quantitative estimate of drug-likeness (QED) is 0.778. The number of carbonyl (C=O) groups is 1. The minimum Gasteiger partial charge on any atom is -0.368 e. The number of aromatic amines is 1.